The summed E-state index contributed by atoms with van der Waals surface area (Å²) in [7, 11) is 1.55. The highest BCUT2D eigenvalue weighted by Crippen LogP contribution is 2.47. The third-order valence-corrected chi connectivity index (χ3v) is 7.30. The van der Waals surface area contributed by atoms with Crippen LogP contribution in [0.3, 0.4) is 0 Å². The van der Waals surface area contributed by atoms with Crippen LogP contribution >= 0.6 is 11.8 Å². The fourth-order valence-corrected chi connectivity index (χ4v) is 5.31. The number of rotatable bonds is 7. The van der Waals surface area contributed by atoms with E-state index in [1.807, 2.05) is 23.1 Å². The zero-order valence-electron chi connectivity index (χ0n) is 18.9. The maximum atomic E-state index is 12.6. The molecule has 2 aromatic heterocycles. The van der Waals surface area contributed by atoms with Gasteiger partial charge in [0.1, 0.15) is 5.52 Å². The molecule has 3 saturated heterocycles. The van der Waals surface area contributed by atoms with Crippen molar-refractivity contribution in [2.75, 3.05) is 34.9 Å². The van der Waals surface area contributed by atoms with Crippen LogP contribution in [0.15, 0.2) is 47.5 Å². The second-order valence-electron chi connectivity index (χ2n) is 8.58. The molecule has 6 heterocycles. The SMILES string of the molecule is COc1ccc2nccc(NC(=O)CCCC34CN(c5ccc6c(c5)NC(=O)CS6)C(O3)O4)c2n1. The lowest BCUT2D eigenvalue weighted by Crippen LogP contribution is -2.47. The van der Waals surface area contributed by atoms with Crippen molar-refractivity contribution in [3.8, 4) is 5.88 Å². The first kappa shape index (κ1) is 22.1. The molecule has 11 heteroatoms. The largest absolute Gasteiger partial charge is 0.481 e. The highest BCUT2D eigenvalue weighted by molar-refractivity contribution is 8.00. The van der Waals surface area contributed by atoms with Crippen molar-refractivity contribution in [3.63, 3.8) is 0 Å². The highest BCUT2D eigenvalue weighted by atomic mass is 32.2. The summed E-state index contributed by atoms with van der Waals surface area (Å²) in [6.45, 7) is 0.567. The molecule has 7 rings (SSSR count). The number of amides is 2. The van der Waals surface area contributed by atoms with Crippen LogP contribution in [0.5, 0.6) is 5.88 Å². The molecule has 0 atom stereocenters. The zero-order chi connectivity index (χ0) is 24.0. The van der Waals surface area contributed by atoms with Gasteiger partial charge in [-0.2, -0.15) is 0 Å². The molecular formula is C24H23N5O5S. The molecule has 2 bridgehead atoms. The Bertz CT molecular complexity index is 1330. The number of pyridine rings is 2. The molecule has 0 unspecified atom stereocenters. The molecule has 3 aromatic rings. The first-order chi connectivity index (χ1) is 17.0. The van der Waals surface area contributed by atoms with Gasteiger partial charge in [0, 0.05) is 35.7 Å². The number of thioether (sulfide) groups is 1. The monoisotopic (exact) mass is 493 g/mol. The van der Waals surface area contributed by atoms with E-state index in [-0.39, 0.29) is 11.8 Å². The number of benzene rings is 1. The first-order valence-corrected chi connectivity index (χ1v) is 12.3. The summed E-state index contributed by atoms with van der Waals surface area (Å²) >= 11 is 1.53. The van der Waals surface area contributed by atoms with Gasteiger partial charge in [0.2, 0.25) is 24.1 Å². The van der Waals surface area contributed by atoms with Gasteiger partial charge in [-0.1, -0.05) is 0 Å². The average Bonchev–Trinajstić information content (AvgIpc) is 3.39. The molecule has 2 N–H and O–H groups in total. The first-order valence-electron chi connectivity index (χ1n) is 11.3. The number of carbonyl (C=O) groups excluding carboxylic acids is 2. The molecule has 0 aliphatic carbocycles. The number of hydrogen-bond acceptors (Lipinski definition) is 9. The number of carbonyl (C=O) groups is 2. The van der Waals surface area contributed by atoms with Gasteiger partial charge in [-0.05, 0) is 36.8 Å². The van der Waals surface area contributed by atoms with E-state index in [1.54, 1.807) is 31.5 Å². The Morgan fingerprint density at radius 1 is 1.31 bits per heavy atom. The van der Waals surface area contributed by atoms with Crippen LogP contribution in [0, 0.1) is 0 Å². The van der Waals surface area contributed by atoms with Crippen LogP contribution in [0.1, 0.15) is 19.3 Å². The number of nitrogens with zero attached hydrogens (tertiary/aromatic N) is 3. The van der Waals surface area contributed by atoms with Gasteiger partial charge in [0.05, 0.1) is 36.3 Å². The number of anilines is 3. The predicted octanol–water partition coefficient (Wildman–Crippen LogP) is 3.34. The molecule has 35 heavy (non-hydrogen) atoms. The molecule has 4 aliphatic heterocycles. The van der Waals surface area contributed by atoms with Crippen LogP contribution in [0.25, 0.3) is 11.0 Å². The topological polar surface area (TPSA) is 115 Å². The minimum atomic E-state index is -0.711. The van der Waals surface area contributed by atoms with E-state index in [0.717, 1.165) is 16.3 Å². The van der Waals surface area contributed by atoms with E-state index in [0.29, 0.717) is 54.2 Å². The highest BCUT2D eigenvalue weighted by Gasteiger charge is 2.58. The fraction of sp³-hybridized carbons (Fsp3) is 0.333. The number of fused-ring (bicyclic) bond motifs is 3. The van der Waals surface area contributed by atoms with Crippen LogP contribution in [-0.4, -0.2) is 53.4 Å². The van der Waals surface area contributed by atoms with Gasteiger partial charge >= 0.3 is 0 Å². The number of ether oxygens (including phenoxy) is 3. The maximum Gasteiger partial charge on any atom is 0.245 e. The van der Waals surface area contributed by atoms with E-state index in [9.17, 15) is 9.59 Å². The lowest BCUT2D eigenvalue weighted by molar-refractivity contribution is -0.406. The van der Waals surface area contributed by atoms with Gasteiger partial charge in [0.25, 0.3) is 0 Å². The predicted molar refractivity (Wildman–Crippen MR) is 130 cm³/mol. The average molecular weight is 494 g/mol. The van der Waals surface area contributed by atoms with Crippen molar-refractivity contribution in [3.05, 3.63) is 42.6 Å². The summed E-state index contributed by atoms with van der Waals surface area (Å²) in [6.07, 6.45) is 2.70. The molecule has 0 spiro atoms. The lowest BCUT2D eigenvalue weighted by atomic mass is 10.1. The standard InChI is InChI=1S/C24H23N5O5S/c1-32-21-7-5-15-22(28-21)16(8-10-25-15)26-19(30)3-2-9-24-13-29(23(33-24)34-24)14-4-6-18-17(11-14)27-20(31)12-35-18/h4-8,10-11,23H,2-3,9,12-13H2,1H3,(H,27,31)(H,25,26,30). The van der Waals surface area contributed by atoms with Crippen molar-refractivity contribution < 1.29 is 23.8 Å². The van der Waals surface area contributed by atoms with Crippen molar-refractivity contribution in [1.82, 2.24) is 9.97 Å². The van der Waals surface area contributed by atoms with Crippen molar-refractivity contribution in [2.45, 2.75) is 36.4 Å². The van der Waals surface area contributed by atoms with E-state index in [1.165, 1.54) is 11.8 Å². The maximum absolute atomic E-state index is 12.6. The summed E-state index contributed by atoms with van der Waals surface area (Å²) in [5.74, 6) is 0.0649. The summed E-state index contributed by atoms with van der Waals surface area (Å²) in [5, 5.41) is 5.85. The Morgan fingerprint density at radius 2 is 2.20 bits per heavy atom. The molecular weight excluding hydrogens is 470 g/mol. The number of aromatic nitrogens is 2. The summed E-state index contributed by atoms with van der Waals surface area (Å²) < 4.78 is 17.2. The van der Waals surface area contributed by atoms with E-state index < -0.39 is 12.2 Å². The van der Waals surface area contributed by atoms with Gasteiger partial charge in [-0.25, -0.2) is 4.98 Å². The Kier molecular flexibility index (Phi) is 5.47. The van der Waals surface area contributed by atoms with Gasteiger partial charge < -0.3 is 29.7 Å². The molecule has 3 fully saturated rings. The van der Waals surface area contributed by atoms with Crippen LogP contribution in [-0.2, 0) is 19.1 Å². The van der Waals surface area contributed by atoms with E-state index >= 15 is 0 Å². The molecule has 10 nitrogen and oxygen atoms in total. The molecule has 1 aromatic carbocycles. The molecule has 2 amide bonds. The minimum absolute atomic E-state index is 0.00213. The third-order valence-electron chi connectivity index (χ3n) is 6.23. The Balaban J connectivity index is 1.05. The van der Waals surface area contributed by atoms with Gasteiger partial charge in [-0.15, -0.1) is 11.8 Å². The molecule has 180 valence electrons. The zero-order valence-corrected chi connectivity index (χ0v) is 19.8. The quantitative estimate of drug-likeness (QED) is 0.511. The Labute approximate surface area is 205 Å². The van der Waals surface area contributed by atoms with Gasteiger partial charge in [0.15, 0.2) is 5.79 Å². The third kappa shape index (κ3) is 4.15. The summed E-state index contributed by atoms with van der Waals surface area (Å²) in [4.78, 5) is 36.1. The smallest absolute Gasteiger partial charge is 0.245 e. The summed E-state index contributed by atoms with van der Waals surface area (Å²) in [5.41, 5.74) is 3.60. The van der Waals surface area contributed by atoms with Crippen LogP contribution in [0.4, 0.5) is 17.1 Å². The van der Waals surface area contributed by atoms with Crippen LogP contribution < -0.4 is 20.3 Å². The molecule has 4 aliphatic rings. The number of nitrogens with one attached hydrogen (secondary N) is 2. The van der Waals surface area contributed by atoms with E-state index in [4.69, 9.17) is 14.2 Å². The molecule has 0 radical (unpaired) electrons. The summed E-state index contributed by atoms with van der Waals surface area (Å²) in [6, 6.07) is 11.2. The van der Waals surface area contributed by atoms with E-state index in [2.05, 4.69) is 20.6 Å². The van der Waals surface area contributed by atoms with Gasteiger partial charge in [-0.3, -0.25) is 14.6 Å². The fourth-order valence-electron chi connectivity index (χ4n) is 4.52. The number of methoxy groups -OCH3 is 1. The Morgan fingerprint density at radius 3 is 3.06 bits per heavy atom. The Hall–Kier alpha value is -3.41. The van der Waals surface area contributed by atoms with Crippen molar-refractivity contribution in [2.24, 2.45) is 0 Å². The number of hydrogen-bond donors (Lipinski definition) is 2. The normalized spacial score (nSPS) is 22.4. The van der Waals surface area contributed by atoms with Crippen molar-refractivity contribution >= 4 is 51.7 Å². The second-order valence-corrected chi connectivity index (χ2v) is 9.60. The second kappa shape index (κ2) is 8.67. The minimum Gasteiger partial charge on any atom is -0.481 e. The van der Waals surface area contributed by atoms with Crippen molar-refractivity contribution in [1.29, 1.82) is 0 Å². The van der Waals surface area contributed by atoms with Crippen LogP contribution in [0.2, 0.25) is 0 Å². The lowest BCUT2D eigenvalue weighted by Gasteiger charge is -2.37. The molecule has 0 saturated carbocycles.